The van der Waals surface area contributed by atoms with Crippen LogP contribution in [0, 0.1) is 0 Å². The SMILES string of the molecule is O=C(Nc1ccccc1)c1cnc(Nc2ccncn2)s1. The number of hydrogen-bond donors (Lipinski definition) is 2. The van der Waals surface area contributed by atoms with Crippen molar-refractivity contribution in [1.82, 2.24) is 15.0 Å². The highest BCUT2D eigenvalue weighted by Gasteiger charge is 2.11. The Bertz CT molecular complexity index is 729. The van der Waals surface area contributed by atoms with Gasteiger partial charge in [-0.05, 0) is 18.2 Å². The maximum absolute atomic E-state index is 12.1. The van der Waals surface area contributed by atoms with Crippen LogP contribution in [0.5, 0.6) is 0 Å². The fraction of sp³-hybridized carbons (Fsp3) is 0. The van der Waals surface area contributed by atoms with Crippen molar-refractivity contribution in [3.63, 3.8) is 0 Å². The lowest BCUT2D eigenvalue weighted by Gasteiger charge is -2.02. The molecule has 0 radical (unpaired) electrons. The van der Waals surface area contributed by atoms with Gasteiger partial charge in [0, 0.05) is 11.9 Å². The molecule has 104 valence electrons. The number of aromatic nitrogens is 3. The summed E-state index contributed by atoms with van der Waals surface area (Å²) < 4.78 is 0. The van der Waals surface area contributed by atoms with E-state index in [1.165, 1.54) is 23.9 Å². The molecule has 3 aromatic rings. The van der Waals surface area contributed by atoms with Gasteiger partial charge < -0.3 is 10.6 Å². The third-order valence-electron chi connectivity index (χ3n) is 2.58. The topological polar surface area (TPSA) is 79.8 Å². The maximum Gasteiger partial charge on any atom is 0.267 e. The van der Waals surface area contributed by atoms with Gasteiger partial charge >= 0.3 is 0 Å². The largest absolute Gasteiger partial charge is 0.321 e. The maximum atomic E-state index is 12.1. The van der Waals surface area contributed by atoms with Crippen LogP contribution in [0.25, 0.3) is 0 Å². The molecule has 2 N–H and O–H groups in total. The highest BCUT2D eigenvalue weighted by Crippen LogP contribution is 2.22. The minimum Gasteiger partial charge on any atom is -0.321 e. The average molecular weight is 297 g/mol. The second-order valence-electron chi connectivity index (χ2n) is 4.07. The highest BCUT2D eigenvalue weighted by molar-refractivity contribution is 7.17. The lowest BCUT2D eigenvalue weighted by molar-refractivity contribution is 0.103. The molecule has 0 aliphatic heterocycles. The van der Waals surface area contributed by atoms with Crippen LogP contribution in [0.3, 0.4) is 0 Å². The first kappa shape index (κ1) is 13.2. The summed E-state index contributed by atoms with van der Waals surface area (Å²) in [6.45, 7) is 0. The molecule has 0 bridgehead atoms. The summed E-state index contributed by atoms with van der Waals surface area (Å²) in [5.74, 6) is 0.448. The molecule has 1 aromatic carbocycles. The first-order valence-electron chi connectivity index (χ1n) is 6.16. The summed E-state index contributed by atoms with van der Waals surface area (Å²) in [4.78, 5) is 24.6. The summed E-state index contributed by atoms with van der Waals surface area (Å²) in [6.07, 6.45) is 4.61. The van der Waals surface area contributed by atoms with Gasteiger partial charge in [0.1, 0.15) is 17.0 Å². The lowest BCUT2D eigenvalue weighted by atomic mass is 10.3. The Labute approximate surface area is 124 Å². The van der Waals surface area contributed by atoms with Crippen molar-refractivity contribution in [1.29, 1.82) is 0 Å². The standard InChI is InChI=1S/C14H11N5OS/c20-13(18-10-4-2-1-3-5-10)11-8-16-14(21-11)19-12-6-7-15-9-17-12/h1-9H,(H,18,20)(H,15,16,17,19). The number of nitrogens with one attached hydrogen (secondary N) is 2. The summed E-state index contributed by atoms with van der Waals surface area (Å²) in [5, 5.41) is 6.44. The number of nitrogens with zero attached hydrogens (tertiary/aromatic N) is 3. The molecule has 2 heterocycles. The number of rotatable bonds is 4. The van der Waals surface area contributed by atoms with Crippen LogP contribution >= 0.6 is 11.3 Å². The van der Waals surface area contributed by atoms with Gasteiger partial charge in [-0.15, -0.1) is 0 Å². The normalized spacial score (nSPS) is 10.1. The fourth-order valence-corrected chi connectivity index (χ4v) is 2.34. The van der Waals surface area contributed by atoms with Gasteiger partial charge in [0.15, 0.2) is 5.13 Å². The van der Waals surface area contributed by atoms with Gasteiger partial charge in [-0.25, -0.2) is 15.0 Å². The summed E-state index contributed by atoms with van der Waals surface area (Å²) in [5.41, 5.74) is 0.751. The Morgan fingerprint density at radius 3 is 2.71 bits per heavy atom. The zero-order valence-electron chi connectivity index (χ0n) is 10.9. The quantitative estimate of drug-likeness (QED) is 0.774. The van der Waals surface area contributed by atoms with E-state index in [0.717, 1.165) is 5.69 Å². The zero-order valence-corrected chi connectivity index (χ0v) is 11.7. The number of benzene rings is 1. The van der Waals surface area contributed by atoms with Crippen LogP contribution < -0.4 is 10.6 Å². The van der Waals surface area contributed by atoms with Gasteiger partial charge in [-0.3, -0.25) is 4.79 Å². The Morgan fingerprint density at radius 2 is 1.95 bits per heavy atom. The highest BCUT2D eigenvalue weighted by atomic mass is 32.1. The minimum atomic E-state index is -0.186. The summed E-state index contributed by atoms with van der Waals surface area (Å²) in [7, 11) is 0. The van der Waals surface area contributed by atoms with Gasteiger partial charge in [-0.1, -0.05) is 29.5 Å². The van der Waals surface area contributed by atoms with Crippen LogP contribution in [0.1, 0.15) is 9.67 Å². The van der Waals surface area contributed by atoms with Crippen LogP contribution in [-0.4, -0.2) is 20.9 Å². The van der Waals surface area contributed by atoms with E-state index >= 15 is 0 Å². The van der Waals surface area contributed by atoms with E-state index in [2.05, 4.69) is 25.6 Å². The number of carbonyl (C=O) groups excluding carboxylic acids is 1. The van der Waals surface area contributed by atoms with E-state index in [9.17, 15) is 4.79 Å². The van der Waals surface area contributed by atoms with E-state index in [1.54, 1.807) is 12.3 Å². The third-order valence-corrected chi connectivity index (χ3v) is 3.49. The Balaban J connectivity index is 1.68. The number of anilines is 3. The molecule has 0 unspecified atom stereocenters. The number of hydrogen-bond acceptors (Lipinski definition) is 6. The van der Waals surface area contributed by atoms with E-state index in [1.807, 2.05) is 30.3 Å². The molecule has 3 rings (SSSR count). The second kappa shape index (κ2) is 6.10. The van der Waals surface area contributed by atoms with Crippen molar-refractivity contribution < 1.29 is 4.79 Å². The van der Waals surface area contributed by atoms with Crippen molar-refractivity contribution in [3.05, 3.63) is 60.0 Å². The zero-order chi connectivity index (χ0) is 14.5. The van der Waals surface area contributed by atoms with Crippen LogP contribution in [0.15, 0.2) is 55.1 Å². The predicted molar refractivity (Wildman–Crippen MR) is 81.8 cm³/mol. The molecule has 0 atom stereocenters. The van der Waals surface area contributed by atoms with Gasteiger partial charge in [-0.2, -0.15) is 0 Å². The lowest BCUT2D eigenvalue weighted by Crippen LogP contribution is -2.09. The molecule has 0 saturated carbocycles. The number of amides is 1. The van der Waals surface area contributed by atoms with Crippen molar-refractivity contribution in [3.8, 4) is 0 Å². The molecular weight excluding hydrogens is 286 g/mol. The van der Waals surface area contributed by atoms with Crippen LogP contribution in [0.4, 0.5) is 16.6 Å². The third kappa shape index (κ3) is 3.40. The number of para-hydroxylation sites is 1. The van der Waals surface area contributed by atoms with E-state index in [0.29, 0.717) is 15.8 Å². The van der Waals surface area contributed by atoms with Crippen molar-refractivity contribution in [2.24, 2.45) is 0 Å². The van der Waals surface area contributed by atoms with Gasteiger partial charge in [0.05, 0.1) is 6.20 Å². The van der Waals surface area contributed by atoms with Crippen LogP contribution in [-0.2, 0) is 0 Å². The predicted octanol–water partition coefficient (Wildman–Crippen LogP) is 2.93. The van der Waals surface area contributed by atoms with E-state index in [-0.39, 0.29) is 5.91 Å². The minimum absolute atomic E-state index is 0.186. The molecule has 0 aliphatic carbocycles. The molecule has 21 heavy (non-hydrogen) atoms. The molecule has 0 saturated heterocycles. The van der Waals surface area contributed by atoms with Crippen LogP contribution in [0.2, 0.25) is 0 Å². The smallest absolute Gasteiger partial charge is 0.267 e. The Hall–Kier alpha value is -2.80. The van der Waals surface area contributed by atoms with Crippen molar-refractivity contribution >= 4 is 33.9 Å². The summed E-state index contributed by atoms with van der Waals surface area (Å²) >= 11 is 1.26. The molecule has 2 aromatic heterocycles. The summed E-state index contributed by atoms with van der Waals surface area (Å²) in [6, 6.07) is 11.0. The fourth-order valence-electron chi connectivity index (χ4n) is 1.63. The first-order valence-corrected chi connectivity index (χ1v) is 6.98. The van der Waals surface area contributed by atoms with Gasteiger partial charge in [0.2, 0.25) is 0 Å². The molecular formula is C14H11N5OS. The molecule has 0 aliphatic rings. The van der Waals surface area contributed by atoms with Crippen molar-refractivity contribution in [2.45, 2.75) is 0 Å². The first-order chi connectivity index (χ1) is 10.3. The molecule has 6 nitrogen and oxygen atoms in total. The Morgan fingerprint density at radius 1 is 1.10 bits per heavy atom. The molecule has 0 spiro atoms. The van der Waals surface area contributed by atoms with Gasteiger partial charge in [0.25, 0.3) is 5.91 Å². The van der Waals surface area contributed by atoms with E-state index < -0.39 is 0 Å². The molecule has 1 amide bonds. The monoisotopic (exact) mass is 297 g/mol. The molecule has 7 heteroatoms. The van der Waals surface area contributed by atoms with E-state index in [4.69, 9.17) is 0 Å². The molecule has 0 fully saturated rings. The Kier molecular flexibility index (Phi) is 3.83. The van der Waals surface area contributed by atoms with Crippen molar-refractivity contribution in [2.75, 3.05) is 10.6 Å². The second-order valence-corrected chi connectivity index (χ2v) is 5.10. The number of thiazole rings is 1. The average Bonchev–Trinajstić information content (AvgIpc) is 2.98. The number of carbonyl (C=O) groups is 1.